The first-order valence-corrected chi connectivity index (χ1v) is 21.3. The summed E-state index contributed by atoms with van der Waals surface area (Å²) in [6, 6.07) is 17.7. The third-order valence-electron chi connectivity index (χ3n) is 9.78. The molecule has 288 valence electrons. The van der Waals surface area contributed by atoms with E-state index in [-0.39, 0.29) is 20.4 Å². The molecule has 0 aliphatic heterocycles. The Hall–Kier alpha value is -2.08. The van der Waals surface area contributed by atoms with Gasteiger partial charge in [-0.05, 0) is 113 Å². The van der Waals surface area contributed by atoms with Crippen molar-refractivity contribution in [3.8, 4) is 0 Å². The summed E-state index contributed by atoms with van der Waals surface area (Å²) >= 11 is 0. The van der Waals surface area contributed by atoms with Crippen molar-refractivity contribution in [2.45, 2.75) is 195 Å². The van der Waals surface area contributed by atoms with Gasteiger partial charge >= 0.3 is 0 Å². The van der Waals surface area contributed by atoms with Gasteiger partial charge in [-0.3, -0.25) is 9.98 Å². The number of benzene rings is 2. The van der Waals surface area contributed by atoms with Crippen LogP contribution in [0.4, 0.5) is 11.4 Å². The molecule has 0 aromatic heterocycles. The van der Waals surface area contributed by atoms with Gasteiger partial charge in [0.25, 0.3) is 0 Å². The van der Waals surface area contributed by atoms with Gasteiger partial charge in [0.1, 0.15) is 0 Å². The first-order chi connectivity index (χ1) is 24.7. The zero-order valence-electron chi connectivity index (χ0n) is 33.5. The molecule has 3 heteroatoms. The molecule has 2 aromatic rings. The molecule has 0 aliphatic carbocycles. The van der Waals surface area contributed by atoms with Gasteiger partial charge in [-0.25, -0.2) is 0 Å². The molecule has 0 unspecified atom stereocenters. The van der Waals surface area contributed by atoms with Crippen LogP contribution in [0.1, 0.15) is 193 Å². The Kier molecular flexibility index (Phi) is 31.1. The summed E-state index contributed by atoms with van der Waals surface area (Å²) in [5.74, 6) is 0. The molecular weight excluding hydrogens is 711 g/mol. The average molecular weight is 788 g/mol. The van der Waals surface area contributed by atoms with Crippen LogP contribution in [0.2, 0.25) is 0 Å². The van der Waals surface area contributed by atoms with E-state index in [1.54, 1.807) is 0 Å². The number of aryl methyl sites for hydroxylation is 2. The fraction of sp³-hybridized carbons (Fsp3) is 0.625. The molecule has 0 aliphatic rings. The number of para-hydroxylation sites is 2. The molecule has 2 nitrogen and oxygen atoms in total. The Morgan fingerprint density at radius 1 is 0.412 bits per heavy atom. The minimum absolute atomic E-state index is 0. The van der Waals surface area contributed by atoms with Crippen LogP contribution in [-0.2, 0) is 33.3 Å². The zero-order valence-corrected chi connectivity index (χ0v) is 35.1. The summed E-state index contributed by atoms with van der Waals surface area (Å²) in [5.41, 5.74) is 7.44. The summed E-state index contributed by atoms with van der Waals surface area (Å²) < 4.78 is 0. The third-order valence-corrected chi connectivity index (χ3v) is 9.78. The Balaban J connectivity index is 0.0000130. The molecule has 0 fully saturated rings. The van der Waals surface area contributed by atoms with Crippen molar-refractivity contribution in [1.29, 1.82) is 0 Å². The standard InChI is InChI=1S/C48H76N2.Pd/c1-5-9-13-16-18-20-22-24-26-28-35-43-37-31-33-40-45(43)49-47(39-12-8-4)48(42-30-15-11-7-3)50-46-41-34-32-38-44(46)36-29-27-25-23-21-19-17-14-10-6-2;/h22-25,31-34,37-38,40-41H,5-21,26-30,35-36,39,42H2,1-4H3;/b24-22+,25-23+,49-47?,50-48?;. The van der Waals surface area contributed by atoms with Crippen molar-refractivity contribution in [3.63, 3.8) is 0 Å². The van der Waals surface area contributed by atoms with Crippen molar-refractivity contribution < 1.29 is 20.4 Å². The largest absolute Gasteiger partial charge is 0.251 e. The molecule has 0 atom stereocenters. The fourth-order valence-corrected chi connectivity index (χ4v) is 6.57. The number of unbranched alkanes of at least 4 members (excludes halogenated alkanes) is 16. The number of hydrogen-bond donors (Lipinski definition) is 0. The van der Waals surface area contributed by atoms with Crippen molar-refractivity contribution >= 4 is 22.8 Å². The van der Waals surface area contributed by atoms with Crippen LogP contribution >= 0.6 is 0 Å². The predicted molar refractivity (Wildman–Crippen MR) is 226 cm³/mol. The normalized spacial score (nSPS) is 12.3. The number of rotatable bonds is 31. The van der Waals surface area contributed by atoms with Crippen LogP contribution in [0.25, 0.3) is 0 Å². The molecule has 0 radical (unpaired) electrons. The first-order valence-electron chi connectivity index (χ1n) is 21.3. The summed E-state index contributed by atoms with van der Waals surface area (Å²) in [5, 5.41) is 0. The van der Waals surface area contributed by atoms with E-state index < -0.39 is 0 Å². The first kappa shape index (κ1) is 46.9. The average Bonchev–Trinajstić information content (AvgIpc) is 3.14. The Bertz CT molecular complexity index is 1220. The van der Waals surface area contributed by atoms with Crippen LogP contribution in [0.5, 0.6) is 0 Å². The van der Waals surface area contributed by atoms with E-state index in [4.69, 9.17) is 9.98 Å². The summed E-state index contributed by atoms with van der Waals surface area (Å²) in [6.45, 7) is 9.16. The minimum Gasteiger partial charge on any atom is -0.251 e. The number of allylic oxidation sites excluding steroid dienone is 4. The molecule has 0 heterocycles. The topological polar surface area (TPSA) is 24.7 Å². The van der Waals surface area contributed by atoms with Crippen molar-refractivity contribution in [2.75, 3.05) is 0 Å². The minimum atomic E-state index is 0. The second kappa shape index (κ2) is 33.7. The van der Waals surface area contributed by atoms with Crippen LogP contribution in [0.3, 0.4) is 0 Å². The maximum atomic E-state index is 5.49. The van der Waals surface area contributed by atoms with Crippen LogP contribution in [-0.4, -0.2) is 11.4 Å². The zero-order chi connectivity index (χ0) is 35.7. The van der Waals surface area contributed by atoms with Gasteiger partial charge in [-0.2, -0.15) is 0 Å². The van der Waals surface area contributed by atoms with E-state index in [1.165, 1.54) is 138 Å². The smallest absolute Gasteiger partial charge is 0.0665 e. The Labute approximate surface area is 330 Å². The molecule has 0 bridgehead atoms. The van der Waals surface area contributed by atoms with Crippen LogP contribution < -0.4 is 0 Å². The van der Waals surface area contributed by atoms with E-state index in [0.717, 1.165) is 62.7 Å². The van der Waals surface area contributed by atoms with E-state index in [1.807, 2.05) is 0 Å². The monoisotopic (exact) mass is 787 g/mol. The van der Waals surface area contributed by atoms with Gasteiger partial charge in [-0.1, -0.05) is 165 Å². The van der Waals surface area contributed by atoms with Gasteiger partial charge in [-0.15, -0.1) is 0 Å². The van der Waals surface area contributed by atoms with Gasteiger partial charge < -0.3 is 0 Å². The van der Waals surface area contributed by atoms with Crippen molar-refractivity contribution in [2.24, 2.45) is 9.98 Å². The van der Waals surface area contributed by atoms with Gasteiger partial charge in [0.05, 0.1) is 22.8 Å². The molecule has 0 saturated carbocycles. The van der Waals surface area contributed by atoms with E-state index >= 15 is 0 Å². The number of aliphatic imine (C=N–C) groups is 2. The van der Waals surface area contributed by atoms with Gasteiger partial charge in [0, 0.05) is 20.4 Å². The summed E-state index contributed by atoms with van der Waals surface area (Å²) in [7, 11) is 0. The van der Waals surface area contributed by atoms with Crippen molar-refractivity contribution in [3.05, 3.63) is 84.0 Å². The summed E-state index contributed by atoms with van der Waals surface area (Å²) in [4.78, 5) is 11.0. The quantitative estimate of drug-likeness (QED) is 0.0315. The van der Waals surface area contributed by atoms with Gasteiger partial charge in [0.15, 0.2) is 0 Å². The maximum Gasteiger partial charge on any atom is 0.0665 e. The second-order valence-corrected chi connectivity index (χ2v) is 14.4. The van der Waals surface area contributed by atoms with E-state index in [2.05, 4.69) is 101 Å². The van der Waals surface area contributed by atoms with Crippen LogP contribution in [0.15, 0.2) is 82.8 Å². The number of hydrogen-bond acceptors (Lipinski definition) is 2. The maximum absolute atomic E-state index is 5.49. The van der Waals surface area contributed by atoms with E-state index in [0.29, 0.717) is 0 Å². The predicted octanol–water partition coefficient (Wildman–Crippen LogP) is 16.2. The van der Waals surface area contributed by atoms with Crippen LogP contribution in [0, 0.1) is 0 Å². The van der Waals surface area contributed by atoms with Crippen molar-refractivity contribution in [1.82, 2.24) is 0 Å². The van der Waals surface area contributed by atoms with E-state index in [9.17, 15) is 0 Å². The van der Waals surface area contributed by atoms with Gasteiger partial charge in [0.2, 0.25) is 0 Å². The molecule has 0 spiro atoms. The Morgan fingerprint density at radius 3 is 1.20 bits per heavy atom. The molecule has 51 heavy (non-hydrogen) atoms. The third kappa shape index (κ3) is 23.3. The number of nitrogens with zero attached hydrogens (tertiary/aromatic N) is 2. The molecule has 0 amide bonds. The molecular formula is C48H76N2Pd. The molecule has 0 saturated heterocycles. The fourth-order valence-electron chi connectivity index (χ4n) is 6.57. The molecule has 2 aromatic carbocycles. The SMILES string of the molecule is CCCCCCC/C=C/CCCc1ccccc1N=C(CCCC)C(CCCCCC)=Nc1ccccc1CCC/C=C/CCCCCCC.[Pd]. The molecule has 2 rings (SSSR count). The molecule has 0 N–H and O–H groups in total. The summed E-state index contributed by atoms with van der Waals surface area (Å²) in [6.07, 6.45) is 41.7. The Morgan fingerprint density at radius 2 is 0.765 bits per heavy atom. The second-order valence-electron chi connectivity index (χ2n) is 14.4.